The summed E-state index contributed by atoms with van der Waals surface area (Å²) in [4.78, 5) is 11.9. The van der Waals surface area contributed by atoms with Crippen LogP contribution in [0.2, 0.25) is 0 Å². The number of hydrogen-bond acceptors (Lipinski definition) is 3. The maximum atomic E-state index is 11.9. The number of piperidine rings is 1. The summed E-state index contributed by atoms with van der Waals surface area (Å²) >= 11 is 0. The Morgan fingerprint density at radius 3 is 2.83 bits per heavy atom. The van der Waals surface area contributed by atoms with Gasteiger partial charge < -0.3 is 15.7 Å². The van der Waals surface area contributed by atoms with E-state index >= 15 is 0 Å². The number of carbonyl (C=O) groups excluding carboxylic acids is 1. The summed E-state index contributed by atoms with van der Waals surface area (Å²) in [7, 11) is 0. The minimum absolute atomic E-state index is 0.0535. The molecule has 0 atom stereocenters. The van der Waals surface area contributed by atoms with E-state index in [0.717, 1.165) is 31.5 Å². The highest BCUT2D eigenvalue weighted by molar-refractivity contribution is 5.96. The lowest BCUT2D eigenvalue weighted by molar-refractivity contribution is 0.0941. The molecule has 98 valence electrons. The average molecular weight is 248 g/mol. The maximum Gasteiger partial charge on any atom is 0.255 e. The fourth-order valence-electron chi connectivity index (χ4n) is 2.25. The molecule has 0 unspecified atom stereocenters. The number of aromatic hydroxyl groups is 1. The second-order valence-electron chi connectivity index (χ2n) is 4.92. The van der Waals surface area contributed by atoms with Gasteiger partial charge in [-0.15, -0.1) is 0 Å². The number of amides is 1. The summed E-state index contributed by atoms with van der Waals surface area (Å²) in [6.07, 6.45) is 2.19. The Morgan fingerprint density at radius 2 is 2.17 bits per heavy atom. The van der Waals surface area contributed by atoms with Gasteiger partial charge in [0, 0.05) is 6.54 Å². The summed E-state index contributed by atoms with van der Waals surface area (Å²) in [5.74, 6) is 0.409. The van der Waals surface area contributed by atoms with Crippen molar-refractivity contribution in [1.29, 1.82) is 0 Å². The number of hydrogen-bond donors (Lipinski definition) is 3. The molecule has 0 bridgehead atoms. The Morgan fingerprint density at radius 1 is 1.44 bits per heavy atom. The lowest BCUT2D eigenvalue weighted by atomic mass is 9.98. The molecule has 2 rings (SSSR count). The van der Waals surface area contributed by atoms with Gasteiger partial charge in [-0.3, -0.25) is 4.79 Å². The van der Waals surface area contributed by atoms with Crippen molar-refractivity contribution in [2.24, 2.45) is 5.92 Å². The first-order chi connectivity index (χ1) is 8.66. The molecule has 1 aromatic rings. The van der Waals surface area contributed by atoms with Gasteiger partial charge in [0.1, 0.15) is 5.75 Å². The summed E-state index contributed by atoms with van der Waals surface area (Å²) in [5.41, 5.74) is 1.30. The van der Waals surface area contributed by atoms with Crippen molar-refractivity contribution in [3.8, 4) is 5.75 Å². The van der Waals surface area contributed by atoms with Gasteiger partial charge in [0.15, 0.2) is 0 Å². The molecular weight excluding hydrogens is 228 g/mol. The normalized spacial score (nSPS) is 16.5. The van der Waals surface area contributed by atoms with E-state index in [0.29, 0.717) is 18.0 Å². The molecule has 1 heterocycles. The molecule has 0 aromatic heterocycles. The van der Waals surface area contributed by atoms with Gasteiger partial charge in [-0.25, -0.2) is 0 Å². The highest BCUT2D eigenvalue weighted by atomic mass is 16.3. The number of carbonyl (C=O) groups is 1. The SMILES string of the molecule is Cc1ccc(C(=O)NCC2CCNCC2)c(O)c1. The zero-order valence-corrected chi connectivity index (χ0v) is 10.7. The van der Waals surface area contributed by atoms with Crippen molar-refractivity contribution in [3.05, 3.63) is 29.3 Å². The third-order valence-corrected chi connectivity index (χ3v) is 3.41. The maximum absolute atomic E-state index is 11.9. The fraction of sp³-hybridized carbons (Fsp3) is 0.500. The predicted octanol–water partition coefficient (Wildman–Crippen LogP) is 1.43. The average Bonchev–Trinajstić information content (AvgIpc) is 2.37. The van der Waals surface area contributed by atoms with Crippen LogP contribution in [0.5, 0.6) is 5.75 Å². The summed E-state index contributed by atoms with van der Waals surface area (Å²) in [6, 6.07) is 5.11. The first-order valence-corrected chi connectivity index (χ1v) is 6.45. The molecule has 1 aliphatic heterocycles. The van der Waals surface area contributed by atoms with Crippen molar-refractivity contribution in [3.63, 3.8) is 0 Å². The Bertz CT molecular complexity index is 426. The van der Waals surface area contributed by atoms with E-state index < -0.39 is 0 Å². The van der Waals surface area contributed by atoms with Crippen LogP contribution in [0.15, 0.2) is 18.2 Å². The minimum atomic E-state index is -0.189. The fourth-order valence-corrected chi connectivity index (χ4v) is 2.25. The van der Waals surface area contributed by atoms with Gasteiger partial charge in [0.25, 0.3) is 5.91 Å². The predicted molar refractivity (Wildman–Crippen MR) is 70.8 cm³/mol. The molecule has 0 aliphatic carbocycles. The summed E-state index contributed by atoms with van der Waals surface area (Å²) in [6.45, 7) is 4.62. The molecule has 1 aromatic carbocycles. The number of phenols is 1. The molecule has 4 heteroatoms. The van der Waals surface area contributed by atoms with Crippen LogP contribution < -0.4 is 10.6 Å². The van der Waals surface area contributed by atoms with E-state index in [1.807, 2.05) is 13.0 Å². The van der Waals surface area contributed by atoms with Crippen molar-refractivity contribution >= 4 is 5.91 Å². The molecule has 18 heavy (non-hydrogen) atoms. The van der Waals surface area contributed by atoms with E-state index in [-0.39, 0.29) is 11.7 Å². The molecule has 1 aliphatic rings. The van der Waals surface area contributed by atoms with Gasteiger partial charge in [-0.1, -0.05) is 6.07 Å². The van der Waals surface area contributed by atoms with Crippen molar-refractivity contribution in [2.45, 2.75) is 19.8 Å². The third kappa shape index (κ3) is 3.23. The van der Waals surface area contributed by atoms with Gasteiger partial charge in [0.05, 0.1) is 5.56 Å². The second-order valence-corrected chi connectivity index (χ2v) is 4.92. The Labute approximate surface area is 107 Å². The third-order valence-electron chi connectivity index (χ3n) is 3.41. The highest BCUT2D eigenvalue weighted by Crippen LogP contribution is 2.18. The van der Waals surface area contributed by atoms with Gasteiger partial charge in [-0.05, 0) is 56.5 Å². The Kier molecular flexibility index (Phi) is 4.20. The van der Waals surface area contributed by atoms with Crippen LogP contribution in [0.4, 0.5) is 0 Å². The molecule has 1 amide bonds. The molecular formula is C14H20N2O2. The van der Waals surface area contributed by atoms with Gasteiger partial charge in [-0.2, -0.15) is 0 Å². The topological polar surface area (TPSA) is 61.4 Å². The number of phenolic OH excluding ortho intramolecular Hbond substituents is 1. The molecule has 4 nitrogen and oxygen atoms in total. The Balaban J connectivity index is 1.90. The summed E-state index contributed by atoms with van der Waals surface area (Å²) in [5, 5.41) is 15.9. The van der Waals surface area contributed by atoms with Gasteiger partial charge in [0.2, 0.25) is 0 Å². The van der Waals surface area contributed by atoms with E-state index in [1.54, 1.807) is 12.1 Å². The Hall–Kier alpha value is -1.55. The van der Waals surface area contributed by atoms with E-state index in [2.05, 4.69) is 10.6 Å². The molecule has 0 saturated carbocycles. The monoisotopic (exact) mass is 248 g/mol. The van der Waals surface area contributed by atoms with Crippen molar-refractivity contribution in [1.82, 2.24) is 10.6 Å². The van der Waals surface area contributed by atoms with E-state index in [1.165, 1.54) is 0 Å². The van der Waals surface area contributed by atoms with E-state index in [9.17, 15) is 9.90 Å². The lowest BCUT2D eigenvalue weighted by Gasteiger charge is -2.22. The first kappa shape index (κ1) is 12.9. The smallest absolute Gasteiger partial charge is 0.255 e. The highest BCUT2D eigenvalue weighted by Gasteiger charge is 2.16. The number of rotatable bonds is 3. The van der Waals surface area contributed by atoms with Crippen LogP contribution in [0.1, 0.15) is 28.8 Å². The number of aryl methyl sites for hydroxylation is 1. The zero-order chi connectivity index (χ0) is 13.0. The summed E-state index contributed by atoms with van der Waals surface area (Å²) < 4.78 is 0. The molecule has 1 fully saturated rings. The minimum Gasteiger partial charge on any atom is -0.507 e. The molecule has 0 spiro atoms. The molecule has 3 N–H and O–H groups in total. The number of benzene rings is 1. The lowest BCUT2D eigenvalue weighted by Crippen LogP contribution is -2.35. The molecule has 0 radical (unpaired) electrons. The van der Waals surface area contributed by atoms with Crippen LogP contribution in [0, 0.1) is 12.8 Å². The van der Waals surface area contributed by atoms with Crippen molar-refractivity contribution < 1.29 is 9.90 Å². The van der Waals surface area contributed by atoms with Crippen molar-refractivity contribution in [2.75, 3.05) is 19.6 Å². The van der Waals surface area contributed by atoms with Crippen LogP contribution >= 0.6 is 0 Å². The van der Waals surface area contributed by atoms with Gasteiger partial charge >= 0.3 is 0 Å². The van der Waals surface area contributed by atoms with Crippen LogP contribution in [0.3, 0.4) is 0 Å². The van der Waals surface area contributed by atoms with Crippen LogP contribution in [-0.2, 0) is 0 Å². The van der Waals surface area contributed by atoms with E-state index in [4.69, 9.17) is 0 Å². The second kappa shape index (κ2) is 5.87. The number of nitrogens with one attached hydrogen (secondary N) is 2. The molecule has 1 saturated heterocycles. The van der Waals surface area contributed by atoms with Crippen LogP contribution in [-0.4, -0.2) is 30.6 Å². The zero-order valence-electron chi connectivity index (χ0n) is 10.7. The standard InChI is InChI=1S/C14H20N2O2/c1-10-2-3-12(13(17)8-10)14(18)16-9-11-4-6-15-7-5-11/h2-3,8,11,15,17H,4-7,9H2,1H3,(H,16,18). The van der Waals surface area contributed by atoms with Crippen LogP contribution in [0.25, 0.3) is 0 Å². The largest absolute Gasteiger partial charge is 0.507 e. The first-order valence-electron chi connectivity index (χ1n) is 6.45. The quantitative estimate of drug-likeness (QED) is 0.758.